The van der Waals surface area contributed by atoms with E-state index in [0.29, 0.717) is 5.56 Å². The molecule has 1 aromatic heterocycles. The lowest BCUT2D eigenvalue weighted by atomic mass is 10.0. The maximum atomic E-state index is 11.0. The number of rotatable bonds is 1. The number of aromatic nitrogens is 1. The summed E-state index contributed by atoms with van der Waals surface area (Å²) >= 11 is 0. The molecule has 1 aliphatic heterocycles. The minimum absolute atomic E-state index is 0.373. The van der Waals surface area contributed by atoms with Crippen LogP contribution in [-0.2, 0) is 6.42 Å². The maximum absolute atomic E-state index is 11.0. The first-order valence-electron chi connectivity index (χ1n) is 4.30. The Morgan fingerprint density at radius 1 is 1.62 bits per heavy atom. The molecule has 4 heteroatoms. The molecule has 4 nitrogen and oxygen atoms in total. The van der Waals surface area contributed by atoms with Crippen LogP contribution < -0.4 is 11.1 Å². The minimum Gasteiger partial charge on any atom is -0.370 e. The van der Waals surface area contributed by atoms with E-state index in [1.807, 2.05) is 0 Å². The van der Waals surface area contributed by atoms with Gasteiger partial charge in [-0.15, -0.1) is 0 Å². The number of hydrogen-bond acceptors (Lipinski definition) is 3. The molecule has 0 spiro atoms. The first kappa shape index (κ1) is 8.04. The Morgan fingerprint density at radius 3 is 3.23 bits per heavy atom. The van der Waals surface area contributed by atoms with Gasteiger partial charge in [0.1, 0.15) is 5.82 Å². The molecule has 0 bridgehead atoms. The molecule has 3 N–H and O–H groups in total. The zero-order valence-corrected chi connectivity index (χ0v) is 7.21. The van der Waals surface area contributed by atoms with Crippen LogP contribution in [0, 0.1) is 0 Å². The Kier molecular flexibility index (Phi) is 1.88. The third-order valence-electron chi connectivity index (χ3n) is 2.22. The van der Waals surface area contributed by atoms with Crippen molar-refractivity contribution in [1.29, 1.82) is 0 Å². The second-order valence-electron chi connectivity index (χ2n) is 3.08. The van der Waals surface area contributed by atoms with E-state index in [9.17, 15) is 4.79 Å². The second-order valence-corrected chi connectivity index (χ2v) is 3.08. The van der Waals surface area contributed by atoms with Gasteiger partial charge in [0.15, 0.2) is 0 Å². The zero-order valence-electron chi connectivity index (χ0n) is 7.21. The fourth-order valence-electron chi connectivity index (χ4n) is 1.60. The van der Waals surface area contributed by atoms with Gasteiger partial charge in [-0.3, -0.25) is 4.79 Å². The van der Waals surface area contributed by atoms with Gasteiger partial charge in [0.2, 0.25) is 5.91 Å². The summed E-state index contributed by atoms with van der Waals surface area (Å²) in [7, 11) is 0. The molecule has 0 radical (unpaired) electrons. The van der Waals surface area contributed by atoms with Crippen molar-refractivity contribution in [3.05, 3.63) is 23.4 Å². The smallest absolute Gasteiger partial charge is 0.249 e. The van der Waals surface area contributed by atoms with Crippen LogP contribution in [0.25, 0.3) is 0 Å². The Morgan fingerprint density at radius 2 is 2.46 bits per heavy atom. The molecule has 0 unspecified atom stereocenters. The molecule has 0 fully saturated rings. The number of hydrogen-bond donors (Lipinski definition) is 2. The molecule has 68 valence electrons. The quantitative estimate of drug-likeness (QED) is 0.657. The second kappa shape index (κ2) is 3.05. The number of carbonyl (C=O) groups is 1. The summed E-state index contributed by atoms with van der Waals surface area (Å²) in [4.78, 5) is 15.2. The number of pyridine rings is 1. The van der Waals surface area contributed by atoms with Crippen molar-refractivity contribution in [2.24, 2.45) is 5.73 Å². The highest BCUT2D eigenvalue weighted by atomic mass is 16.1. The molecule has 2 heterocycles. The molecule has 1 aromatic rings. The van der Waals surface area contributed by atoms with E-state index >= 15 is 0 Å². The van der Waals surface area contributed by atoms with Crippen molar-refractivity contribution >= 4 is 11.7 Å². The Hall–Kier alpha value is -1.58. The lowest BCUT2D eigenvalue weighted by Crippen LogP contribution is -2.20. The van der Waals surface area contributed by atoms with E-state index in [-0.39, 0.29) is 5.91 Å². The van der Waals surface area contributed by atoms with Crippen LogP contribution in [0.1, 0.15) is 22.3 Å². The number of primary amides is 1. The zero-order chi connectivity index (χ0) is 9.26. The van der Waals surface area contributed by atoms with Crippen molar-refractivity contribution in [3.8, 4) is 0 Å². The highest BCUT2D eigenvalue weighted by Crippen LogP contribution is 2.22. The number of amides is 1. The fraction of sp³-hybridized carbons (Fsp3) is 0.333. The van der Waals surface area contributed by atoms with Crippen LogP contribution in [0.2, 0.25) is 0 Å². The number of anilines is 1. The summed E-state index contributed by atoms with van der Waals surface area (Å²) in [6, 6.07) is 1.67. The highest BCUT2D eigenvalue weighted by Gasteiger charge is 2.15. The monoisotopic (exact) mass is 177 g/mol. The Balaban J connectivity index is 2.52. The van der Waals surface area contributed by atoms with Gasteiger partial charge in [-0.2, -0.15) is 0 Å². The van der Waals surface area contributed by atoms with Crippen LogP contribution in [0.5, 0.6) is 0 Å². The first-order valence-corrected chi connectivity index (χ1v) is 4.30. The molecule has 2 rings (SSSR count). The van der Waals surface area contributed by atoms with Gasteiger partial charge >= 0.3 is 0 Å². The Bertz CT molecular complexity index is 349. The maximum Gasteiger partial charge on any atom is 0.249 e. The van der Waals surface area contributed by atoms with Gasteiger partial charge in [0, 0.05) is 23.9 Å². The average molecular weight is 177 g/mol. The van der Waals surface area contributed by atoms with Gasteiger partial charge in [-0.1, -0.05) is 0 Å². The standard InChI is InChI=1S/C9H11N3O/c10-8(13)6-3-5-12-9-7(6)2-1-4-11-9/h3,5H,1-2,4H2,(H2,10,13)(H,11,12). The molecule has 0 aliphatic carbocycles. The highest BCUT2D eigenvalue weighted by molar-refractivity contribution is 5.95. The summed E-state index contributed by atoms with van der Waals surface area (Å²) in [6.45, 7) is 0.919. The normalized spacial score (nSPS) is 14.5. The van der Waals surface area contributed by atoms with E-state index in [1.54, 1.807) is 12.3 Å². The van der Waals surface area contributed by atoms with E-state index in [0.717, 1.165) is 30.8 Å². The molecule has 13 heavy (non-hydrogen) atoms. The number of nitrogens with zero attached hydrogens (tertiary/aromatic N) is 1. The molecule has 0 saturated heterocycles. The Labute approximate surface area is 76.2 Å². The molecule has 0 aromatic carbocycles. The summed E-state index contributed by atoms with van der Waals surface area (Å²) in [5.41, 5.74) is 6.80. The predicted molar refractivity (Wildman–Crippen MR) is 49.6 cm³/mol. The molecular weight excluding hydrogens is 166 g/mol. The number of nitrogens with one attached hydrogen (secondary N) is 1. The summed E-state index contributed by atoms with van der Waals surface area (Å²) in [6.07, 6.45) is 3.52. The van der Waals surface area contributed by atoms with Gasteiger partial charge in [-0.25, -0.2) is 4.98 Å². The van der Waals surface area contributed by atoms with Crippen molar-refractivity contribution in [3.63, 3.8) is 0 Å². The average Bonchev–Trinajstić information content (AvgIpc) is 2.17. The van der Waals surface area contributed by atoms with Crippen LogP contribution in [0.4, 0.5) is 5.82 Å². The first-order chi connectivity index (χ1) is 6.29. The SMILES string of the molecule is NC(=O)c1ccnc2c1CCCN2. The summed E-state index contributed by atoms with van der Waals surface area (Å²) in [5.74, 6) is 0.435. The minimum atomic E-state index is -0.373. The van der Waals surface area contributed by atoms with Crippen molar-refractivity contribution in [2.45, 2.75) is 12.8 Å². The van der Waals surface area contributed by atoms with Gasteiger partial charge in [0.25, 0.3) is 0 Å². The summed E-state index contributed by atoms with van der Waals surface area (Å²) < 4.78 is 0. The van der Waals surface area contributed by atoms with E-state index in [4.69, 9.17) is 5.73 Å². The van der Waals surface area contributed by atoms with Crippen molar-refractivity contribution in [2.75, 3.05) is 11.9 Å². The van der Waals surface area contributed by atoms with Crippen LogP contribution in [-0.4, -0.2) is 17.4 Å². The third kappa shape index (κ3) is 1.35. The van der Waals surface area contributed by atoms with E-state index in [2.05, 4.69) is 10.3 Å². The van der Waals surface area contributed by atoms with Crippen molar-refractivity contribution < 1.29 is 4.79 Å². The topological polar surface area (TPSA) is 68.0 Å². The van der Waals surface area contributed by atoms with Gasteiger partial charge in [0.05, 0.1) is 0 Å². The lowest BCUT2D eigenvalue weighted by Gasteiger charge is -2.18. The fourth-order valence-corrected chi connectivity index (χ4v) is 1.60. The van der Waals surface area contributed by atoms with Crippen LogP contribution >= 0.6 is 0 Å². The molecular formula is C9H11N3O. The molecule has 0 atom stereocenters. The van der Waals surface area contributed by atoms with E-state index < -0.39 is 0 Å². The van der Waals surface area contributed by atoms with Gasteiger partial charge in [-0.05, 0) is 18.9 Å². The lowest BCUT2D eigenvalue weighted by molar-refractivity contribution is 0.0999. The van der Waals surface area contributed by atoms with Gasteiger partial charge < -0.3 is 11.1 Å². The molecule has 1 aliphatic rings. The van der Waals surface area contributed by atoms with E-state index in [1.165, 1.54) is 0 Å². The number of carbonyl (C=O) groups excluding carboxylic acids is 1. The summed E-state index contributed by atoms with van der Waals surface area (Å²) in [5, 5.41) is 3.14. The predicted octanol–water partition coefficient (Wildman–Crippen LogP) is 0.539. The van der Waals surface area contributed by atoms with Crippen molar-refractivity contribution in [1.82, 2.24) is 4.98 Å². The number of fused-ring (bicyclic) bond motifs is 1. The van der Waals surface area contributed by atoms with Crippen LogP contribution in [0.3, 0.4) is 0 Å². The molecule has 1 amide bonds. The van der Waals surface area contributed by atoms with Crippen LogP contribution in [0.15, 0.2) is 12.3 Å². The number of nitrogens with two attached hydrogens (primary N) is 1. The molecule has 0 saturated carbocycles. The third-order valence-corrected chi connectivity index (χ3v) is 2.22. The largest absolute Gasteiger partial charge is 0.370 e.